The predicted molar refractivity (Wildman–Crippen MR) is 69.4 cm³/mol. The molecule has 0 saturated heterocycles. The van der Waals surface area contributed by atoms with Crippen LogP contribution in [0.2, 0.25) is 0 Å². The van der Waals surface area contributed by atoms with E-state index >= 15 is 0 Å². The van der Waals surface area contributed by atoms with Crippen molar-refractivity contribution in [1.29, 1.82) is 0 Å². The Hall–Kier alpha value is -1.71. The first kappa shape index (κ1) is 16.3. The normalized spacial score (nSPS) is 10.8. The number of alkyl halides is 3. The summed E-state index contributed by atoms with van der Waals surface area (Å²) < 4.78 is 45.2. The van der Waals surface area contributed by atoms with Crippen LogP contribution in [0.25, 0.3) is 0 Å². The predicted octanol–water partition coefficient (Wildman–Crippen LogP) is 2.34. The molecule has 0 amide bonds. The minimum absolute atomic E-state index is 0.0135. The van der Waals surface area contributed by atoms with Gasteiger partial charge in [0.2, 0.25) is 0 Å². The van der Waals surface area contributed by atoms with Gasteiger partial charge in [-0.15, -0.1) is 0 Å². The fourth-order valence-corrected chi connectivity index (χ4v) is 1.33. The molecule has 3 nitrogen and oxygen atoms in total. The maximum atomic E-state index is 11.8. The lowest BCUT2D eigenvalue weighted by Crippen LogP contribution is -2.18. The number of halogens is 3. The lowest BCUT2D eigenvalue weighted by molar-refractivity contribution is -0.174. The van der Waals surface area contributed by atoms with Gasteiger partial charge in [-0.1, -0.05) is 11.8 Å². The maximum Gasteiger partial charge on any atom is 0.411 e. The van der Waals surface area contributed by atoms with E-state index in [-0.39, 0.29) is 6.61 Å². The Bertz CT molecular complexity index is 446. The van der Waals surface area contributed by atoms with Crippen LogP contribution in [0.15, 0.2) is 24.3 Å². The van der Waals surface area contributed by atoms with Gasteiger partial charge in [-0.2, -0.15) is 13.2 Å². The largest absolute Gasteiger partial charge is 0.494 e. The summed E-state index contributed by atoms with van der Waals surface area (Å²) in [5.41, 5.74) is 6.09. The van der Waals surface area contributed by atoms with Gasteiger partial charge in [-0.05, 0) is 24.3 Å². The first-order valence-corrected chi connectivity index (χ1v) is 6.07. The molecule has 0 aliphatic heterocycles. The Morgan fingerprint density at radius 2 is 1.80 bits per heavy atom. The highest BCUT2D eigenvalue weighted by Gasteiger charge is 2.27. The molecule has 6 heteroatoms. The van der Waals surface area contributed by atoms with Gasteiger partial charge in [-0.25, -0.2) is 0 Å². The summed E-state index contributed by atoms with van der Waals surface area (Å²) in [6.07, 6.45) is -3.88. The third-order valence-corrected chi connectivity index (χ3v) is 2.16. The number of hydrogen-bond donors (Lipinski definition) is 1. The summed E-state index contributed by atoms with van der Waals surface area (Å²) in [5, 5.41) is 0. The molecule has 0 atom stereocenters. The van der Waals surface area contributed by atoms with Crippen molar-refractivity contribution >= 4 is 0 Å². The molecular weight excluding hydrogens is 271 g/mol. The fraction of sp³-hybridized carbons (Fsp3) is 0.429. The molecule has 0 radical (unpaired) electrons. The molecule has 1 aromatic carbocycles. The minimum Gasteiger partial charge on any atom is -0.494 e. The average Bonchev–Trinajstić information content (AvgIpc) is 2.40. The van der Waals surface area contributed by atoms with Gasteiger partial charge >= 0.3 is 6.18 Å². The van der Waals surface area contributed by atoms with E-state index in [4.69, 9.17) is 10.5 Å². The van der Waals surface area contributed by atoms with E-state index in [1.54, 1.807) is 24.3 Å². The van der Waals surface area contributed by atoms with E-state index in [1.807, 2.05) is 0 Å². The summed E-state index contributed by atoms with van der Waals surface area (Å²) in [7, 11) is 0. The zero-order valence-electron chi connectivity index (χ0n) is 10.9. The van der Waals surface area contributed by atoms with E-state index < -0.39 is 12.8 Å². The smallest absolute Gasteiger partial charge is 0.411 e. The SMILES string of the molecule is NCC#Cc1ccc(OCCCOCC(F)(F)F)cc1. The van der Waals surface area contributed by atoms with E-state index in [9.17, 15) is 13.2 Å². The molecule has 0 heterocycles. The van der Waals surface area contributed by atoms with Crippen LogP contribution in [0.1, 0.15) is 12.0 Å². The van der Waals surface area contributed by atoms with Crippen LogP contribution in [0.5, 0.6) is 5.75 Å². The Morgan fingerprint density at radius 3 is 2.40 bits per heavy atom. The second-order valence-electron chi connectivity index (χ2n) is 3.90. The van der Waals surface area contributed by atoms with E-state index in [0.717, 1.165) is 5.56 Å². The number of nitrogens with two attached hydrogens (primary N) is 1. The topological polar surface area (TPSA) is 44.5 Å². The highest BCUT2D eigenvalue weighted by molar-refractivity contribution is 5.38. The Morgan fingerprint density at radius 1 is 1.10 bits per heavy atom. The van der Waals surface area contributed by atoms with Crippen molar-refractivity contribution in [3.05, 3.63) is 29.8 Å². The van der Waals surface area contributed by atoms with Crippen molar-refractivity contribution in [2.75, 3.05) is 26.4 Å². The minimum atomic E-state index is -4.28. The number of hydrogen-bond acceptors (Lipinski definition) is 3. The lowest BCUT2D eigenvalue weighted by Gasteiger charge is -2.08. The fourth-order valence-electron chi connectivity index (χ4n) is 1.33. The van der Waals surface area contributed by atoms with Crippen molar-refractivity contribution in [3.8, 4) is 17.6 Å². The number of benzene rings is 1. The van der Waals surface area contributed by atoms with Crippen LogP contribution in [0.3, 0.4) is 0 Å². The average molecular weight is 287 g/mol. The van der Waals surface area contributed by atoms with Crippen molar-refractivity contribution in [2.45, 2.75) is 12.6 Å². The first-order valence-electron chi connectivity index (χ1n) is 6.07. The Labute approximate surface area is 115 Å². The first-order chi connectivity index (χ1) is 9.51. The summed E-state index contributed by atoms with van der Waals surface area (Å²) in [6.45, 7) is -0.608. The second kappa shape index (κ2) is 8.46. The molecule has 0 aliphatic rings. The number of ether oxygens (including phenoxy) is 2. The van der Waals surface area contributed by atoms with Crippen molar-refractivity contribution in [1.82, 2.24) is 0 Å². The maximum absolute atomic E-state index is 11.8. The zero-order chi connectivity index (χ0) is 14.8. The molecule has 20 heavy (non-hydrogen) atoms. The number of rotatable bonds is 6. The zero-order valence-corrected chi connectivity index (χ0v) is 10.9. The Balaban J connectivity index is 2.19. The van der Waals surface area contributed by atoms with Crippen molar-refractivity contribution in [3.63, 3.8) is 0 Å². The van der Waals surface area contributed by atoms with Crippen LogP contribution in [-0.2, 0) is 4.74 Å². The molecule has 0 saturated carbocycles. The quantitative estimate of drug-likeness (QED) is 0.645. The molecule has 0 unspecified atom stereocenters. The standard InChI is InChI=1S/C14H16F3NO2/c15-14(16,17)11-19-9-2-10-20-13-6-4-12(5-7-13)3-1-8-18/h4-7H,2,8-11,18H2. The molecule has 1 aromatic rings. The van der Waals surface area contributed by atoms with Crippen LogP contribution >= 0.6 is 0 Å². The van der Waals surface area contributed by atoms with Crippen LogP contribution < -0.4 is 10.5 Å². The lowest BCUT2D eigenvalue weighted by atomic mass is 10.2. The highest BCUT2D eigenvalue weighted by Crippen LogP contribution is 2.15. The van der Waals surface area contributed by atoms with Gasteiger partial charge in [0.1, 0.15) is 12.4 Å². The van der Waals surface area contributed by atoms with Gasteiger partial charge in [0.05, 0.1) is 19.8 Å². The highest BCUT2D eigenvalue weighted by atomic mass is 19.4. The van der Waals surface area contributed by atoms with E-state index in [0.29, 0.717) is 25.3 Å². The molecular formula is C14H16F3NO2. The van der Waals surface area contributed by atoms with Crippen LogP contribution in [0.4, 0.5) is 13.2 Å². The van der Waals surface area contributed by atoms with Gasteiger partial charge < -0.3 is 15.2 Å². The molecule has 110 valence electrons. The summed E-state index contributed by atoms with van der Waals surface area (Å²) in [5.74, 6) is 6.24. The van der Waals surface area contributed by atoms with Crippen molar-refractivity contribution < 1.29 is 22.6 Å². The third kappa shape index (κ3) is 7.67. The summed E-state index contributed by atoms with van der Waals surface area (Å²) in [6, 6.07) is 7.07. The summed E-state index contributed by atoms with van der Waals surface area (Å²) >= 11 is 0. The van der Waals surface area contributed by atoms with E-state index in [2.05, 4.69) is 16.6 Å². The van der Waals surface area contributed by atoms with Gasteiger partial charge in [0.15, 0.2) is 0 Å². The molecule has 0 bridgehead atoms. The van der Waals surface area contributed by atoms with Gasteiger partial charge in [0, 0.05) is 12.0 Å². The van der Waals surface area contributed by atoms with Crippen LogP contribution in [0, 0.1) is 11.8 Å². The van der Waals surface area contributed by atoms with E-state index in [1.165, 1.54) is 0 Å². The summed E-state index contributed by atoms with van der Waals surface area (Å²) in [4.78, 5) is 0. The second-order valence-corrected chi connectivity index (χ2v) is 3.90. The van der Waals surface area contributed by atoms with Crippen molar-refractivity contribution in [2.24, 2.45) is 5.73 Å². The van der Waals surface area contributed by atoms with Gasteiger partial charge in [-0.3, -0.25) is 0 Å². The molecule has 0 aromatic heterocycles. The molecule has 2 N–H and O–H groups in total. The molecule has 0 aliphatic carbocycles. The molecule has 0 fully saturated rings. The van der Waals surface area contributed by atoms with Gasteiger partial charge in [0.25, 0.3) is 0 Å². The molecule has 0 spiro atoms. The Kier molecular flexibility index (Phi) is 6.91. The third-order valence-electron chi connectivity index (χ3n) is 2.16. The monoisotopic (exact) mass is 287 g/mol. The molecule has 1 rings (SSSR count). The van der Waals surface area contributed by atoms with Crippen LogP contribution in [-0.4, -0.2) is 32.5 Å².